The van der Waals surface area contributed by atoms with E-state index in [0.29, 0.717) is 17.2 Å². The quantitative estimate of drug-likeness (QED) is 0.588. The maximum absolute atomic E-state index is 13.2. The van der Waals surface area contributed by atoms with Crippen LogP contribution in [0.5, 0.6) is 17.2 Å². The molecule has 146 valence electrons. The first-order chi connectivity index (χ1) is 12.8. The van der Waals surface area contributed by atoms with E-state index in [9.17, 15) is 13.2 Å². The van der Waals surface area contributed by atoms with Crippen LogP contribution in [0, 0.1) is 0 Å². The Morgan fingerprint density at radius 1 is 1.00 bits per heavy atom. The van der Waals surface area contributed by atoms with Gasteiger partial charge < -0.3 is 25.3 Å². The molecule has 6 nitrogen and oxygen atoms in total. The molecule has 0 bridgehead atoms. The molecular formula is C18H20F3N3O3. The molecule has 2 aromatic carbocycles. The third kappa shape index (κ3) is 5.19. The van der Waals surface area contributed by atoms with Gasteiger partial charge in [0.1, 0.15) is 17.2 Å². The number of nitrogens with one attached hydrogen (secondary N) is 1. The number of nitrogens with two attached hydrogens (primary N) is 1. The van der Waals surface area contributed by atoms with Crippen molar-refractivity contribution in [2.24, 2.45) is 10.7 Å². The highest BCUT2D eigenvalue weighted by molar-refractivity contribution is 5.94. The number of aliphatic imine (C=N–C) groups is 1. The molecule has 0 heterocycles. The first-order valence-corrected chi connectivity index (χ1v) is 7.81. The molecule has 0 aromatic heterocycles. The standard InChI is InChI=1S/C18H20F3N3O3/c1-25-12-5-4-11(14(8-12)18(19,20)21)10-23-17(22)24-15-9-13(26-2)6-7-16(15)27-3/h4-9H,10H2,1-3H3,(H3,22,23,24). The lowest BCUT2D eigenvalue weighted by molar-refractivity contribution is -0.138. The van der Waals surface area contributed by atoms with Gasteiger partial charge >= 0.3 is 6.18 Å². The van der Waals surface area contributed by atoms with E-state index in [2.05, 4.69) is 10.3 Å². The van der Waals surface area contributed by atoms with Crippen molar-refractivity contribution >= 4 is 11.6 Å². The summed E-state index contributed by atoms with van der Waals surface area (Å²) in [6.45, 7) is -0.260. The van der Waals surface area contributed by atoms with Gasteiger partial charge in [-0.3, -0.25) is 0 Å². The van der Waals surface area contributed by atoms with Gasteiger partial charge in [-0.05, 0) is 29.8 Å². The van der Waals surface area contributed by atoms with E-state index in [1.165, 1.54) is 33.5 Å². The molecular weight excluding hydrogens is 363 g/mol. The molecule has 0 aliphatic carbocycles. The summed E-state index contributed by atoms with van der Waals surface area (Å²) in [5.74, 6) is 1.09. The van der Waals surface area contributed by atoms with Crippen molar-refractivity contribution in [3.63, 3.8) is 0 Å². The van der Waals surface area contributed by atoms with E-state index < -0.39 is 11.7 Å². The van der Waals surface area contributed by atoms with Gasteiger partial charge in [0, 0.05) is 6.07 Å². The van der Waals surface area contributed by atoms with Crippen molar-refractivity contribution in [3.8, 4) is 17.2 Å². The van der Waals surface area contributed by atoms with Crippen molar-refractivity contribution < 1.29 is 27.4 Å². The molecule has 27 heavy (non-hydrogen) atoms. The van der Waals surface area contributed by atoms with Crippen molar-refractivity contribution in [2.75, 3.05) is 26.6 Å². The highest BCUT2D eigenvalue weighted by atomic mass is 19.4. The number of anilines is 1. The largest absolute Gasteiger partial charge is 0.497 e. The fourth-order valence-electron chi connectivity index (χ4n) is 2.34. The van der Waals surface area contributed by atoms with Crippen molar-refractivity contribution in [3.05, 3.63) is 47.5 Å². The molecule has 0 saturated heterocycles. The van der Waals surface area contributed by atoms with E-state index >= 15 is 0 Å². The smallest absolute Gasteiger partial charge is 0.416 e. The lowest BCUT2D eigenvalue weighted by atomic mass is 10.1. The maximum atomic E-state index is 13.2. The molecule has 0 atom stereocenters. The normalized spacial score (nSPS) is 11.9. The predicted molar refractivity (Wildman–Crippen MR) is 96.5 cm³/mol. The molecule has 0 aliphatic heterocycles. The lowest BCUT2D eigenvalue weighted by Gasteiger charge is -2.14. The first kappa shape index (κ1) is 20.2. The van der Waals surface area contributed by atoms with Crippen LogP contribution in [0.4, 0.5) is 18.9 Å². The van der Waals surface area contributed by atoms with Gasteiger partial charge in [-0.25, -0.2) is 4.99 Å². The van der Waals surface area contributed by atoms with Gasteiger partial charge in [0.05, 0.1) is 39.1 Å². The highest BCUT2D eigenvalue weighted by Gasteiger charge is 2.33. The Bertz CT molecular complexity index is 823. The predicted octanol–water partition coefficient (Wildman–Crippen LogP) is 3.66. The van der Waals surface area contributed by atoms with Crippen LogP contribution in [-0.2, 0) is 12.7 Å². The summed E-state index contributed by atoms with van der Waals surface area (Å²) in [4.78, 5) is 4.00. The summed E-state index contributed by atoms with van der Waals surface area (Å²) >= 11 is 0. The number of guanidine groups is 1. The van der Waals surface area contributed by atoms with Gasteiger partial charge in [-0.15, -0.1) is 0 Å². The molecule has 0 saturated carbocycles. The maximum Gasteiger partial charge on any atom is 0.416 e. The third-order valence-corrected chi connectivity index (χ3v) is 3.71. The van der Waals surface area contributed by atoms with Crippen molar-refractivity contribution in [1.82, 2.24) is 0 Å². The van der Waals surface area contributed by atoms with Crippen LogP contribution in [0.3, 0.4) is 0 Å². The van der Waals surface area contributed by atoms with E-state index in [-0.39, 0.29) is 23.8 Å². The van der Waals surface area contributed by atoms with Crippen molar-refractivity contribution in [1.29, 1.82) is 0 Å². The molecule has 2 rings (SSSR count). The average molecular weight is 383 g/mol. The SMILES string of the molecule is COc1ccc(OC)c(NC(N)=NCc2ccc(OC)cc2C(F)(F)F)c1. The zero-order valence-electron chi connectivity index (χ0n) is 15.1. The Hall–Kier alpha value is -3.10. The summed E-state index contributed by atoms with van der Waals surface area (Å²) in [6.07, 6.45) is -4.53. The number of benzene rings is 2. The number of rotatable bonds is 6. The van der Waals surface area contributed by atoms with Crippen LogP contribution in [0.25, 0.3) is 0 Å². The van der Waals surface area contributed by atoms with E-state index in [1.807, 2.05) is 0 Å². The second-order valence-corrected chi connectivity index (χ2v) is 5.41. The number of methoxy groups -OCH3 is 3. The second kappa shape index (κ2) is 8.52. The third-order valence-electron chi connectivity index (χ3n) is 3.71. The summed E-state index contributed by atoms with van der Waals surface area (Å²) in [5, 5.41) is 2.80. The number of hydrogen-bond acceptors (Lipinski definition) is 4. The number of nitrogens with zero attached hydrogens (tertiary/aromatic N) is 1. The summed E-state index contributed by atoms with van der Waals surface area (Å²) < 4.78 is 54.9. The summed E-state index contributed by atoms with van der Waals surface area (Å²) in [5.41, 5.74) is 5.45. The zero-order valence-corrected chi connectivity index (χ0v) is 15.1. The lowest BCUT2D eigenvalue weighted by Crippen LogP contribution is -2.23. The van der Waals surface area contributed by atoms with Crippen LogP contribution in [0.1, 0.15) is 11.1 Å². The number of alkyl halides is 3. The van der Waals surface area contributed by atoms with Crippen LogP contribution in [-0.4, -0.2) is 27.3 Å². The molecule has 0 aliphatic rings. The summed E-state index contributed by atoms with van der Waals surface area (Å²) in [6, 6.07) is 8.68. The minimum absolute atomic E-state index is 0.0225. The minimum atomic E-state index is -4.53. The molecule has 0 fully saturated rings. The Labute approximate surface area is 154 Å². The fraction of sp³-hybridized carbons (Fsp3) is 0.278. The average Bonchev–Trinajstić information content (AvgIpc) is 2.65. The van der Waals surface area contributed by atoms with Crippen LogP contribution >= 0.6 is 0 Å². The Morgan fingerprint density at radius 3 is 2.22 bits per heavy atom. The van der Waals surface area contributed by atoms with Crippen LogP contribution in [0.15, 0.2) is 41.4 Å². The zero-order chi connectivity index (χ0) is 20.0. The Balaban J connectivity index is 2.24. The molecule has 0 unspecified atom stereocenters. The van der Waals surface area contributed by atoms with Gasteiger partial charge in [0.2, 0.25) is 0 Å². The minimum Gasteiger partial charge on any atom is -0.497 e. The summed E-state index contributed by atoms with van der Waals surface area (Å²) in [7, 11) is 4.29. The molecule has 0 radical (unpaired) electrons. The number of hydrogen-bond donors (Lipinski definition) is 2. The topological polar surface area (TPSA) is 78.1 Å². The fourth-order valence-corrected chi connectivity index (χ4v) is 2.34. The monoisotopic (exact) mass is 383 g/mol. The molecule has 0 amide bonds. The first-order valence-electron chi connectivity index (χ1n) is 7.81. The molecule has 9 heteroatoms. The molecule has 0 spiro atoms. The second-order valence-electron chi connectivity index (χ2n) is 5.41. The van der Waals surface area contributed by atoms with E-state index in [0.717, 1.165) is 6.07 Å². The van der Waals surface area contributed by atoms with Crippen molar-refractivity contribution in [2.45, 2.75) is 12.7 Å². The van der Waals surface area contributed by atoms with Gasteiger partial charge in [0.15, 0.2) is 5.96 Å². The molecule has 2 aromatic rings. The van der Waals surface area contributed by atoms with Gasteiger partial charge in [0.25, 0.3) is 0 Å². The van der Waals surface area contributed by atoms with E-state index in [4.69, 9.17) is 19.9 Å². The highest BCUT2D eigenvalue weighted by Crippen LogP contribution is 2.35. The van der Waals surface area contributed by atoms with Gasteiger partial charge in [-0.1, -0.05) is 6.07 Å². The van der Waals surface area contributed by atoms with Crippen LogP contribution < -0.4 is 25.3 Å². The Morgan fingerprint density at radius 2 is 1.63 bits per heavy atom. The number of ether oxygens (including phenoxy) is 3. The number of halogens is 3. The van der Waals surface area contributed by atoms with E-state index in [1.54, 1.807) is 18.2 Å². The van der Waals surface area contributed by atoms with Crippen LogP contribution in [0.2, 0.25) is 0 Å². The Kier molecular flexibility index (Phi) is 6.38. The molecule has 3 N–H and O–H groups in total. The van der Waals surface area contributed by atoms with Gasteiger partial charge in [-0.2, -0.15) is 13.2 Å².